The van der Waals surface area contributed by atoms with Crippen LogP contribution in [0.4, 0.5) is 11.4 Å². The van der Waals surface area contributed by atoms with Crippen LogP contribution in [0.25, 0.3) is 0 Å². The van der Waals surface area contributed by atoms with E-state index in [2.05, 4.69) is 50.6 Å². The third-order valence-electron chi connectivity index (χ3n) is 3.76. The van der Waals surface area contributed by atoms with E-state index in [1.165, 1.54) is 18.9 Å². The zero-order valence-corrected chi connectivity index (χ0v) is 21.3. The van der Waals surface area contributed by atoms with Crippen molar-refractivity contribution in [1.29, 1.82) is 0 Å². The molecule has 0 radical (unpaired) electrons. The van der Waals surface area contributed by atoms with Gasteiger partial charge in [-0.2, -0.15) is 0 Å². The van der Waals surface area contributed by atoms with Gasteiger partial charge in [-0.15, -0.1) is 0 Å². The summed E-state index contributed by atoms with van der Waals surface area (Å²) in [6, 6.07) is 5.90. The van der Waals surface area contributed by atoms with Gasteiger partial charge in [0.05, 0.1) is 17.9 Å². The van der Waals surface area contributed by atoms with Crippen molar-refractivity contribution in [3.8, 4) is 0 Å². The molecule has 0 saturated heterocycles. The number of nitrogen functional groups attached to an aromatic ring is 1. The number of carbonyl (C=O) groups excluding carboxylic acids is 3. The van der Waals surface area contributed by atoms with Crippen LogP contribution >= 0.6 is 0 Å². The van der Waals surface area contributed by atoms with E-state index in [4.69, 9.17) is 5.73 Å². The Morgan fingerprint density at radius 3 is 1.94 bits per heavy atom. The maximum absolute atomic E-state index is 10.8. The van der Waals surface area contributed by atoms with E-state index in [-0.39, 0.29) is 24.4 Å². The minimum atomic E-state index is -0.191. The monoisotopic (exact) mass is 438 g/mol. The lowest BCUT2D eigenvalue weighted by atomic mass is 9.90. The zero-order valence-electron chi connectivity index (χ0n) is 21.3. The van der Waals surface area contributed by atoms with Gasteiger partial charge in [0, 0.05) is 13.0 Å². The van der Waals surface area contributed by atoms with Gasteiger partial charge >= 0.3 is 0 Å². The number of hydrogen-bond acceptors (Lipinski definition) is 4. The van der Waals surface area contributed by atoms with E-state index in [1.54, 1.807) is 0 Å². The molecule has 0 spiro atoms. The second-order valence-corrected chi connectivity index (χ2v) is 7.48. The van der Waals surface area contributed by atoms with Crippen molar-refractivity contribution >= 4 is 29.6 Å². The van der Waals surface area contributed by atoms with Gasteiger partial charge in [-0.1, -0.05) is 61.0 Å². The first kappa shape index (κ1) is 33.1. The van der Waals surface area contributed by atoms with Gasteiger partial charge in [-0.3, -0.25) is 14.4 Å². The van der Waals surface area contributed by atoms with Crippen LogP contribution in [0.1, 0.15) is 87.1 Å². The summed E-state index contributed by atoms with van der Waals surface area (Å²) in [6.07, 6.45) is 1.89. The Morgan fingerprint density at radius 1 is 1.06 bits per heavy atom. The highest BCUT2D eigenvalue weighted by atomic mass is 16.2. The van der Waals surface area contributed by atoms with Crippen molar-refractivity contribution in [2.45, 2.75) is 87.6 Å². The number of amides is 3. The van der Waals surface area contributed by atoms with E-state index in [1.807, 2.05) is 45.9 Å². The molecule has 0 aromatic heterocycles. The molecule has 180 valence electrons. The fourth-order valence-electron chi connectivity index (χ4n) is 2.02. The Labute approximate surface area is 189 Å². The number of benzene rings is 1. The molecule has 3 amide bonds. The largest absolute Gasteiger partial charge is 0.397 e. The zero-order chi connectivity index (χ0) is 25.0. The summed E-state index contributed by atoms with van der Waals surface area (Å²) in [5.41, 5.74) is 8.32. The second-order valence-electron chi connectivity index (χ2n) is 7.48. The van der Waals surface area contributed by atoms with Crippen molar-refractivity contribution in [3.05, 3.63) is 23.8 Å². The minimum absolute atomic E-state index is 0.0630. The van der Waals surface area contributed by atoms with Crippen molar-refractivity contribution in [2.24, 2.45) is 5.92 Å². The first-order valence-corrected chi connectivity index (χ1v) is 11.1. The fraction of sp³-hybridized carbons (Fsp3) is 0.625. The van der Waals surface area contributed by atoms with Crippen molar-refractivity contribution < 1.29 is 14.4 Å². The molecule has 0 saturated carbocycles. The van der Waals surface area contributed by atoms with Gasteiger partial charge in [0.15, 0.2) is 0 Å². The van der Waals surface area contributed by atoms with Gasteiger partial charge < -0.3 is 21.7 Å². The van der Waals surface area contributed by atoms with Gasteiger partial charge in [0.1, 0.15) is 0 Å². The molecule has 7 nitrogen and oxygen atoms in total. The van der Waals surface area contributed by atoms with Gasteiger partial charge in [-0.05, 0) is 43.4 Å². The van der Waals surface area contributed by atoms with E-state index in [9.17, 15) is 14.4 Å². The summed E-state index contributed by atoms with van der Waals surface area (Å²) in [5.74, 6) is 0.700. The summed E-state index contributed by atoms with van der Waals surface area (Å²) in [7, 11) is 0. The number of anilines is 2. The Bertz CT molecular complexity index is 617. The van der Waals surface area contributed by atoms with E-state index < -0.39 is 0 Å². The number of nitrogens with two attached hydrogens (primary N) is 1. The molecule has 5 N–H and O–H groups in total. The molecule has 7 heteroatoms. The average Bonchev–Trinajstić information content (AvgIpc) is 2.69. The number of rotatable bonds is 7. The van der Waals surface area contributed by atoms with Crippen LogP contribution in [0.15, 0.2) is 18.2 Å². The Hall–Kier alpha value is -2.57. The topological polar surface area (TPSA) is 113 Å². The maximum atomic E-state index is 10.8. The van der Waals surface area contributed by atoms with Crippen molar-refractivity contribution in [2.75, 3.05) is 17.6 Å². The first-order chi connectivity index (χ1) is 14.5. The van der Waals surface area contributed by atoms with E-state index in [0.717, 1.165) is 0 Å². The molecule has 0 aliphatic rings. The highest BCUT2D eigenvalue weighted by Gasteiger charge is 2.11. The fourth-order valence-corrected chi connectivity index (χ4v) is 2.02. The summed E-state index contributed by atoms with van der Waals surface area (Å²) in [6.45, 7) is 20.0. The lowest BCUT2D eigenvalue weighted by molar-refractivity contribution is -0.125. The quantitative estimate of drug-likeness (QED) is 0.365. The first-order valence-electron chi connectivity index (χ1n) is 11.1. The molecule has 0 bridgehead atoms. The third kappa shape index (κ3) is 19.2. The molecule has 0 heterocycles. The van der Waals surface area contributed by atoms with Crippen molar-refractivity contribution in [3.63, 3.8) is 0 Å². The number of nitrogens with one attached hydrogen (secondary N) is 3. The Balaban J connectivity index is -0.000000432. The summed E-state index contributed by atoms with van der Waals surface area (Å²) in [5, 5.41) is 7.61. The number of carbonyl (C=O) groups is 3. The Morgan fingerprint density at radius 2 is 1.58 bits per heavy atom. The van der Waals surface area contributed by atoms with Crippen LogP contribution in [0.2, 0.25) is 0 Å². The van der Waals surface area contributed by atoms with Crippen LogP contribution < -0.4 is 21.7 Å². The maximum Gasteiger partial charge on any atom is 0.239 e. The SMILES string of the molecule is CC.CC(=O)NCC(=O)NC(C)C.CC(C)C(C)c1ccc(NC=O)c(N)c1.CCC. The van der Waals surface area contributed by atoms with Crippen LogP contribution in [-0.4, -0.2) is 30.8 Å². The second kappa shape index (κ2) is 20.7. The molecule has 0 aliphatic heterocycles. The molecule has 0 aliphatic carbocycles. The smallest absolute Gasteiger partial charge is 0.239 e. The third-order valence-corrected chi connectivity index (χ3v) is 3.76. The normalized spacial score (nSPS) is 10.2. The van der Waals surface area contributed by atoms with Crippen LogP contribution in [0, 0.1) is 5.92 Å². The van der Waals surface area contributed by atoms with Crippen LogP contribution in [0.5, 0.6) is 0 Å². The molecular formula is C24H46N4O3. The average molecular weight is 439 g/mol. The highest BCUT2D eigenvalue weighted by Crippen LogP contribution is 2.28. The minimum Gasteiger partial charge on any atom is -0.397 e. The molecule has 1 rings (SSSR count). The number of hydrogen-bond donors (Lipinski definition) is 4. The molecule has 1 aromatic carbocycles. The summed E-state index contributed by atoms with van der Waals surface area (Å²) >= 11 is 0. The predicted octanol–water partition coefficient (Wildman–Crippen LogP) is 4.69. The predicted molar refractivity (Wildman–Crippen MR) is 133 cm³/mol. The summed E-state index contributed by atoms with van der Waals surface area (Å²) in [4.78, 5) is 31.5. The molecule has 31 heavy (non-hydrogen) atoms. The summed E-state index contributed by atoms with van der Waals surface area (Å²) < 4.78 is 0. The van der Waals surface area contributed by atoms with Gasteiger partial charge in [0.2, 0.25) is 18.2 Å². The van der Waals surface area contributed by atoms with E-state index in [0.29, 0.717) is 29.6 Å². The highest BCUT2D eigenvalue weighted by molar-refractivity contribution is 5.83. The molecular weight excluding hydrogens is 392 g/mol. The lowest BCUT2D eigenvalue weighted by Crippen LogP contribution is -2.39. The standard InChI is InChI=1S/C12H18N2O.C7H14N2O2.C3H8.C2H6/c1-8(2)9(3)10-4-5-12(14-7-15)11(13)6-10;1-5(2)9-7(11)4-8-6(3)10;1-3-2;1-2/h4-9H,13H2,1-3H3,(H,14,15);5H,4H2,1-3H3,(H,8,10)(H,9,11);3H2,1-2H3;1-2H3. The molecule has 1 aromatic rings. The lowest BCUT2D eigenvalue weighted by Gasteiger charge is -2.17. The van der Waals surface area contributed by atoms with Gasteiger partial charge in [-0.25, -0.2) is 0 Å². The van der Waals surface area contributed by atoms with Crippen molar-refractivity contribution in [1.82, 2.24) is 10.6 Å². The molecule has 0 fully saturated rings. The van der Waals surface area contributed by atoms with Crippen LogP contribution in [-0.2, 0) is 14.4 Å². The molecule has 1 unspecified atom stereocenters. The van der Waals surface area contributed by atoms with E-state index >= 15 is 0 Å². The molecule has 1 atom stereocenters. The van der Waals surface area contributed by atoms with Gasteiger partial charge in [0.25, 0.3) is 0 Å². The van der Waals surface area contributed by atoms with Crippen LogP contribution in [0.3, 0.4) is 0 Å². The Kier molecular flexibility index (Phi) is 22.1.